The third kappa shape index (κ3) is 3.55. The zero-order valence-electron chi connectivity index (χ0n) is 17.0. The Hall–Kier alpha value is -1.99. The molecule has 2 aromatic rings. The number of amides is 1. The average molecular weight is 394 g/mol. The predicted molar refractivity (Wildman–Crippen MR) is 115 cm³/mol. The minimum absolute atomic E-state index is 0.0959. The van der Waals surface area contributed by atoms with Gasteiger partial charge in [0, 0.05) is 31.1 Å². The topological polar surface area (TPSA) is 68.4 Å². The van der Waals surface area contributed by atoms with E-state index in [1.54, 1.807) is 0 Å². The Balaban J connectivity index is 1.33. The first kappa shape index (κ1) is 19.0. The number of fused-ring (bicyclic) bond motifs is 2. The minimum atomic E-state index is -0.0959. The molecule has 2 aromatic carbocycles. The molecule has 3 saturated heterocycles. The summed E-state index contributed by atoms with van der Waals surface area (Å²) in [5.74, 6) is 0.623. The number of likely N-dealkylation sites (tertiary alicyclic amines) is 1. The Kier molecular flexibility index (Phi) is 5.26. The van der Waals surface area contributed by atoms with Crippen LogP contribution in [0.1, 0.15) is 44.2 Å². The van der Waals surface area contributed by atoms with Gasteiger partial charge >= 0.3 is 0 Å². The van der Waals surface area contributed by atoms with Crippen LogP contribution in [0, 0.1) is 5.92 Å². The molecule has 0 bridgehead atoms. The molecule has 0 aliphatic carbocycles. The molecule has 6 nitrogen and oxygen atoms in total. The van der Waals surface area contributed by atoms with E-state index in [0.717, 1.165) is 38.8 Å². The van der Waals surface area contributed by atoms with E-state index in [2.05, 4.69) is 76.0 Å². The van der Waals surface area contributed by atoms with Crippen LogP contribution in [-0.4, -0.2) is 42.0 Å². The second-order valence-electron chi connectivity index (χ2n) is 8.74. The standard InChI is InChI=1S/C23H31N5O/c1-2-6-16-13-21(26-24-16)23(29)28-12-11-20-19(14-28)22(27-25-20)18-10-5-8-15-7-3-4-9-17(15)18/h3-5,7-10,16,19-22,24-27H,2,6,11-14H2,1H3. The number of benzene rings is 2. The lowest BCUT2D eigenvalue weighted by atomic mass is 9.83. The molecule has 0 saturated carbocycles. The maximum Gasteiger partial charge on any atom is 0.241 e. The van der Waals surface area contributed by atoms with Gasteiger partial charge < -0.3 is 4.90 Å². The van der Waals surface area contributed by atoms with E-state index in [1.165, 1.54) is 16.3 Å². The molecule has 5 atom stereocenters. The summed E-state index contributed by atoms with van der Waals surface area (Å²) in [5.41, 5.74) is 14.9. The molecule has 1 amide bonds. The Morgan fingerprint density at radius 1 is 1.07 bits per heavy atom. The molecule has 4 N–H and O–H groups in total. The highest BCUT2D eigenvalue weighted by molar-refractivity contribution is 5.86. The Labute approximate surface area is 172 Å². The maximum atomic E-state index is 13.2. The van der Waals surface area contributed by atoms with Crippen LogP contribution < -0.4 is 21.7 Å². The van der Waals surface area contributed by atoms with Gasteiger partial charge in [-0.15, -0.1) is 0 Å². The van der Waals surface area contributed by atoms with Crippen molar-refractivity contribution >= 4 is 16.7 Å². The number of piperidine rings is 1. The summed E-state index contributed by atoms with van der Waals surface area (Å²) in [6.45, 7) is 3.82. The number of hydrogen-bond donors (Lipinski definition) is 4. The van der Waals surface area contributed by atoms with Crippen molar-refractivity contribution in [3.8, 4) is 0 Å². The SMILES string of the molecule is CCCC1CC(C(=O)N2CCC3NNC(c4cccc5ccccc45)C3C2)NN1. The molecule has 3 fully saturated rings. The first-order chi connectivity index (χ1) is 14.2. The van der Waals surface area contributed by atoms with E-state index < -0.39 is 0 Å². The lowest BCUT2D eigenvalue weighted by Crippen LogP contribution is -2.53. The van der Waals surface area contributed by atoms with Crippen LogP contribution in [0.2, 0.25) is 0 Å². The van der Waals surface area contributed by atoms with Crippen LogP contribution >= 0.6 is 0 Å². The van der Waals surface area contributed by atoms with Crippen LogP contribution in [0.3, 0.4) is 0 Å². The van der Waals surface area contributed by atoms with Crippen molar-refractivity contribution in [2.45, 2.75) is 56.8 Å². The van der Waals surface area contributed by atoms with Crippen molar-refractivity contribution in [2.75, 3.05) is 13.1 Å². The van der Waals surface area contributed by atoms with E-state index in [-0.39, 0.29) is 18.0 Å². The monoisotopic (exact) mass is 393 g/mol. The van der Waals surface area contributed by atoms with E-state index in [9.17, 15) is 4.79 Å². The van der Waals surface area contributed by atoms with Gasteiger partial charge in [-0.05, 0) is 35.6 Å². The van der Waals surface area contributed by atoms with Crippen molar-refractivity contribution in [2.24, 2.45) is 5.92 Å². The minimum Gasteiger partial charge on any atom is -0.341 e. The molecule has 0 spiro atoms. The molecule has 3 aliphatic heterocycles. The fourth-order valence-corrected chi connectivity index (χ4v) is 5.38. The molecule has 5 unspecified atom stereocenters. The average Bonchev–Trinajstić information content (AvgIpc) is 3.40. The summed E-state index contributed by atoms with van der Waals surface area (Å²) in [4.78, 5) is 15.3. The highest BCUT2D eigenvalue weighted by Gasteiger charge is 2.43. The molecule has 6 heteroatoms. The summed E-state index contributed by atoms with van der Waals surface area (Å²) in [5, 5.41) is 2.56. The van der Waals surface area contributed by atoms with Gasteiger partial charge in [0.25, 0.3) is 0 Å². The summed E-state index contributed by atoms with van der Waals surface area (Å²) in [6.07, 6.45) is 4.12. The Morgan fingerprint density at radius 3 is 2.83 bits per heavy atom. The number of nitrogens with one attached hydrogen (secondary N) is 4. The highest BCUT2D eigenvalue weighted by Crippen LogP contribution is 2.37. The van der Waals surface area contributed by atoms with Gasteiger partial charge in [0.2, 0.25) is 5.91 Å². The van der Waals surface area contributed by atoms with Gasteiger partial charge in [0.1, 0.15) is 6.04 Å². The Bertz CT molecular complexity index is 881. The van der Waals surface area contributed by atoms with Gasteiger partial charge in [0.15, 0.2) is 0 Å². The Morgan fingerprint density at radius 2 is 1.93 bits per heavy atom. The van der Waals surface area contributed by atoms with Crippen LogP contribution in [0.15, 0.2) is 42.5 Å². The highest BCUT2D eigenvalue weighted by atomic mass is 16.2. The quantitative estimate of drug-likeness (QED) is 0.642. The number of rotatable bonds is 4. The number of hydrogen-bond acceptors (Lipinski definition) is 5. The molecular formula is C23H31N5O. The lowest BCUT2D eigenvalue weighted by molar-refractivity contribution is -0.135. The van der Waals surface area contributed by atoms with Gasteiger partial charge in [-0.25, -0.2) is 10.9 Å². The van der Waals surface area contributed by atoms with E-state index in [0.29, 0.717) is 18.0 Å². The van der Waals surface area contributed by atoms with Crippen molar-refractivity contribution in [3.05, 3.63) is 48.0 Å². The molecule has 154 valence electrons. The number of hydrazine groups is 2. The van der Waals surface area contributed by atoms with Crippen molar-refractivity contribution < 1.29 is 4.79 Å². The first-order valence-electron chi connectivity index (χ1n) is 11.0. The van der Waals surface area contributed by atoms with Crippen LogP contribution in [0.5, 0.6) is 0 Å². The molecule has 0 aromatic heterocycles. The fourth-order valence-electron chi connectivity index (χ4n) is 5.38. The largest absolute Gasteiger partial charge is 0.341 e. The summed E-state index contributed by atoms with van der Waals surface area (Å²) >= 11 is 0. The van der Waals surface area contributed by atoms with Gasteiger partial charge in [-0.3, -0.25) is 15.6 Å². The zero-order valence-corrected chi connectivity index (χ0v) is 17.0. The van der Waals surface area contributed by atoms with Crippen molar-refractivity contribution in [1.29, 1.82) is 0 Å². The number of nitrogens with zero attached hydrogens (tertiary/aromatic N) is 1. The molecule has 0 radical (unpaired) electrons. The van der Waals surface area contributed by atoms with Crippen LogP contribution in [0.25, 0.3) is 10.8 Å². The lowest BCUT2D eigenvalue weighted by Gasteiger charge is -2.37. The fraction of sp³-hybridized carbons (Fsp3) is 0.522. The normalized spacial score (nSPS) is 31.9. The predicted octanol–water partition coefficient (Wildman–Crippen LogP) is 2.24. The van der Waals surface area contributed by atoms with Gasteiger partial charge in [-0.1, -0.05) is 55.8 Å². The van der Waals surface area contributed by atoms with E-state index >= 15 is 0 Å². The second kappa shape index (κ2) is 8.03. The van der Waals surface area contributed by atoms with Crippen molar-refractivity contribution in [1.82, 2.24) is 26.6 Å². The molecule has 5 rings (SSSR count). The third-order valence-corrected chi connectivity index (χ3v) is 6.90. The molecule has 3 heterocycles. The van der Waals surface area contributed by atoms with Crippen molar-refractivity contribution in [3.63, 3.8) is 0 Å². The van der Waals surface area contributed by atoms with Gasteiger partial charge in [0.05, 0.1) is 6.04 Å². The smallest absolute Gasteiger partial charge is 0.241 e. The summed E-state index contributed by atoms with van der Waals surface area (Å²) in [7, 11) is 0. The second-order valence-corrected chi connectivity index (χ2v) is 8.74. The third-order valence-electron chi connectivity index (χ3n) is 6.90. The van der Waals surface area contributed by atoms with E-state index in [1.807, 2.05) is 0 Å². The van der Waals surface area contributed by atoms with Gasteiger partial charge in [-0.2, -0.15) is 0 Å². The number of carbonyl (C=O) groups is 1. The first-order valence-corrected chi connectivity index (χ1v) is 11.0. The van der Waals surface area contributed by atoms with Crippen LogP contribution in [-0.2, 0) is 4.79 Å². The molecular weight excluding hydrogens is 362 g/mol. The zero-order chi connectivity index (χ0) is 19.8. The summed E-state index contributed by atoms with van der Waals surface area (Å²) < 4.78 is 0. The van der Waals surface area contributed by atoms with Crippen LogP contribution in [0.4, 0.5) is 0 Å². The molecule has 29 heavy (non-hydrogen) atoms. The number of carbonyl (C=O) groups excluding carboxylic acids is 1. The summed E-state index contributed by atoms with van der Waals surface area (Å²) in [6, 6.07) is 16.0. The molecule has 3 aliphatic rings. The van der Waals surface area contributed by atoms with E-state index in [4.69, 9.17) is 0 Å². The maximum absolute atomic E-state index is 13.2.